The summed E-state index contributed by atoms with van der Waals surface area (Å²) < 4.78 is 2.99. The smallest absolute Gasteiger partial charge is 0.227 e. The van der Waals surface area contributed by atoms with Crippen molar-refractivity contribution in [2.24, 2.45) is 5.92 Å². The van der Waals surface area contributed by atoms with Gasteiger partial charge in [-0.3, -0.25) is 4.79 Å². The monoisotopic (exact) mass is 355 g/mol. The Morgan fingerprint density at radius 2 is 1.91 bits per heavy atom. The number of hydrogen-bond donors (Lipinski definition) is 1. The van der Waals surface area contributed by atoms with E-state index in [2.05, 4.69) is 26.2 Å². The van der Waals surface area contributed by atoms with Gasteiger partial charge in [0, 0.05) is 28.3 Å². The van der Waals surface area contributed by atoms with Crippen LogP contribution in [0.5, 0.6) is 0 Å². The van der Waals surface area contributed by atoms with Gasteiger partial charge in [-0.05, 0) is 37.1 Å². The van der Waals surface area contributed by atoms with Crippen LogP contribution in [-0.4, -0.2) is 15.3 Å². The standard InChI is InChI=1S/C17H14BrN3O/c18-13-5-3-11(4-6-13)15-10-21-9-14(7-8-16(21)20-15)19-17(22)12-1-2-12/h3-10,12H,1-2H2,(H,19,22). The first-order chi connectivity index (χ1) is 10.7. The van der Waals surface area contributed by atoms with E-state index < -0.39 is 0 Å². The van der Waals surface area contributed by atoms with Crippen LogP contribution < -0.4 is 5.32 Å². The van der Waals surface area contributed by atoms with Gasteiger partial charge in [-0.2, -0.15) is 0 Å². The summed E-state index contributed by atoms with van der Waals surface area (Å²) in [6.45, 7) is 0. The number of rotatable bonds is 3. The van der Waals surface area contributed by atoms with E-state index in [0.717, 1.165) is 39.9 Å². The SMILES string of the molecule is O=C(Nc1ccc2nc(-c3ccc(Br)cc3)cn2c1)C1CC1. The molecular weight excluding hydrogens is 342 g/mol. The first kappa shape index (κ1) is 13.5. The maximum Gasteiger partial charge on any atom is 0.227 e. The summed E-state index contributed by atoms with van der Waals surface area (Å²) in [6, 6.07) is 11.9. The van der Waals surface area contributed by atoms with Crippen molar-refractivity contribution in [3.63, 3.8) is 0 Å². The lowest BCUT2D eigenvalue weighted by molar-refractivity contribution is -0.117. The predicted octanol–water partition coefficient (Wildman–Crippen LogP) is 4.11. The molecule has 0 aliphatic heterocycles. The van der Waals surface area contributed by atoms with Crippen LogP contribution in [-0.2, 0) is 4.79 Å². The normalized spacial score (nSPS) is 14.2. The number of fused-ring (bicyclic) bond motifs is 1. The molecule has 1 aliphatic rings. The molecule has 3 aromatic rings. The molecule has 1 fully saturated rings. The van der Waals surface area contributed by atoms with Gasteiger partial charge >= 0.3 is 0 Å². The number of hydrogen-bond acceptors (Lipinski definition) is 2. The maximum atomic E-state index is 11.8. The summed E-state index contributed by atoms with van der Waals surface area (Å²) in [5, 5.41) is 2.96. The molecule has 4 nitrogen and oxygen atoms in total. The first-order valence-corrected chi connectivity index (χ1v) is 8.04. The van der Waals surface area contributed by atoms with Crippen LogP contribution in [0.25, 0.3) is 16.9 Å². The van der Waals surface area contributed by atoms with Gasteiger partial charge in [-0.25, -0.2) is 4.98 Å². The van der Waals surface area contributed by atoms with E-state index in [-0.39, 0.29) is 11.8 Å². The molecule has 0 spiro atoms. The number of halogens is 1. The molecule has 22 heavy (non-hydrogen) atoms. The van der Waals surface area contributed by atoms with Gasteiger partial charge in [0.2, 0.25) is 5.91 Å². The number of amides is 1. The molecular formula is C17H14BrN3O. The fourth-order valence-electron chi connectivity index (χ4n) is 2.42. The molecule has 1 saturated carbocycles. The lowest BCUT2D eigenvalue weighted by Crippen LogP contribution is -2.13. The van der Waals surface area contributed by atoms with Crippen molar-refractivity contribution in [1.82, 2.24) is 9.38 Å². The second kappa shape index (κ2) is 5.25. The highest BCUT2D eigenvalue weighted by atomic mass is 79.9. The lowest BCUT2D eigenvalue weighted by atomic mass is 10.2. The minimum atomic E-state index is 0.118. The van der Waals surface area contributed by atoms with Gasteiger partial charge in [-0.1, -0.05) is 28.1 Å². The number of carbonyl (C=O) groups is 1. The lowest BCUT2D eigenvalue weighted by Gasteiger charge is -2.04. The molecule has 1 N–H and O–H groups in total. The summed E-state index contributed by atoms with van der Waals surface area (Å²) >= 11 is 3.44. The molecule has 1 aliphatic carbocycles. The Labute approximate surface area is 136 Å². The third kappa shape index (κ3) is 2.64. The van der Waals surface area contributed by atoms with Gasteiger partial charge < -0.3 is 9.72 Å². The maximum absolute atomic E-state index is 11.8. The number of anilines is 1. The zero-order valence-corrected chi connectivity index (χ0v) is 13.4. The molecule has 2 aromatic heterocycles. The van der Waals surface area contributed by atoms with Crippen molar-refractivity contribution in [3.8, 4) is 11.3 Å². The van der Waals surface area contributed by atoms with Crippen LogP contribution in [0.1, 0.15) is 12.8 Å². The van der Waals surface area contributed by atoms with Gasteiger partial charge in [0.1, 0.15) is 5.65 Å². The van der Waals surface area contributed by atoms with E-state index in [1.807, 2.05) is 53.2 Å². The number of nitrogens with one attached hydrogen (secondary N) is 1. The molecule has 5 heteroatoms. The Morgan fingerprint density at radius 1 is 1.14 bits per heavy atom. The third-order valence-corrected chi connectivity index (χ3v) is 4.34. The summed E-state index contributed by atoms with van der Waals surface area (Å²) in [7, 11) is 0. The summed E-state index contributed by atoms with van der Waals surface area (Å²) in [5.41, 5.74) is 3.65. The Morgan fingerprint density at radius 3 is 2.64 bits per heavy atom. The molecule has 0 unspecified atom stereocenters. The van der Waals surface area contributed by atoms with Crippen molar-refractivity contribution in [1.29, 1.82) is 0 Å². The highest BCUT2D eigenvalue weighted by Gasteiger charge is 2.29. The Kier molecular flexibility index (Phi) is 3.22. The molecule has 110 valence electrons. The zero-order chi connectivity index (χ0) is 15.1. The van der Waals surface area contributed by atoms with E-state index in [0.29, 0.717) is 0 Å². The number of pyridine rings is 1. The molecule has 4 rings (SSSR count). The topological polar surface area (TPSA) is 46.4 Å². The Hall–Kier alpha value is -2.14. The number of nitrogens with zero attached hydrogens (tertiary/aromatic N) is 2. The van der Waals surface area contributed by atoms with E-state index in [1.165, 1.54) is 0 Å². The average molecular weight is 356 g/mol. The van der Waals surface area contributed by atoms with Crippen molar-refractivity contribution in [2.45, 2.75) is 12.8 Å². The highest BCUT2D eigenvalue weighted by molar-refractivity contribution is 9.10. The van der Waals surface area contributed by atoms with Crippen LogP contribution >= 0.6 is 15.9 Å². The fraction of sp³-hybridized carbons (Fsp3) is 0.176. The molecule has 0 radical (unpaired) electrons. The molecule has 0 bridgehead atoms. The van der Waals surface area contributed by atoms with Gasteiger partial charge in [0.15, 0.2) is 0 Å². The van der Waals surface area contributed by atoms with Crippen molar-refractivity contribution in [2.75, 3.05) is 5.32 Å². The van der Waals surface area contributed by atoms with Crippen molar-refractivity contribution in [3.05, 3.63) is 53.3 Å². The van der Waals surface area contributed by atoms with E-state index >= 15 is 0 Å². The highest BCUT2D eigenvalue weighted by Crippen LogP contribution is 2.30. The predicted molar refractivity (Wildman–Crippen MR) is 89.7 cm³/mol. The van der Waals surface area contributed by atoms with Crippen LogP contribution in [0.4, 0.5) is 5.69 Å². The molecule has 0 saturated heterocycles. The van der Waals surface area contributed by atoms with Crippen LogP contribution in [0, 0.1) is 5.92 Å². The minimum Gasteiger partial charge on any atom is -0.325 e. The van der Waals surface area contributed by atoms with Gasteiger partial charge in [-0.15, -0.1) is 0 Å². The number of carbonyl (C=O) groups excluding carboxylic acids is 1. The Balaban J connectivity index is 1.65. The number of aromatic nitrogens is 2. The second-order valence-corrected chi connectivity index (χ2v) is 6.50. The van der Waals surface area contributed by atoms with Crippen molar-refractivity contribution < 1.29 is 4.79 Å². The van der Waals surface area contributed by atoms with Crippen LogP contribution in [0.15, 0.2) is 53.3 Å². The largest absolute Gasteiger partial charge is 0.325 e. The Bertz CT molecular complexity index is 850. The van der Waals surface area contributed by atoms with E-state index in [9.17, 15) is 4.79 Å². The minimum absolute atomic E-state index is 0.118. The summed E-state index contributed by atoms with van der Waals surface area (Å²) in [6.07, 6.45) is 5.90. The quantitative estimate of drug-likeness (QED) is 0.768. The van der Waals surface area contributed by atoms with E-state index in [4.69, 9.17) is 0 Å². The van der Waals surface area contributed by atoms with Gasteiger partial charge in [0.25, 0.3) is 0 Å². The van der Waals surface area contributed by atoms with Crippen molar-refractivity contribution >= 4 is 33.2 Å². The third-order valence-electron chi connectivity index (χ3n) is 3.81. The van der Waals surface area contributed by atoms with Crippen LogP contribution in [0.3, 0.4) is 0 Å². The average Bonchev–Trinajstić information content (AvgIpc) is 3.28. The fourth-order valence-corrected chi connectivity index (χ4v) is 2.68. The summed E-state index contributed by atoms with van der Waals surface area (Å²) in [5.74, 6) is 0.324. The number of imidazole rings is 1. The molecule has 1 aromatic carbocycles. The molecule has 1 amide bonds. The van der Waals surface area contributed by atoms with Crippen LogP contribution in [0.2, 0.25) is 0 Å². The van der Waals surface area contributed by atoms with E-state index in [1.54, 1.807) is 0 Å². The first-order valence-electron chi connectivity index (χ1n) is 7.24. The summed E-state index contributed by atoms with van der Waals surface area (Å²) in [4.78, 5) is 16.4. The van der Waals surface area contributed by atoms with Gasteiger partial charge in [0.05, 0.1) is 11.4 Å². The second-order valence-electron chi connectivity index (χ2n) is 5.58. The molecule has 2 heterocycles. The number of benzene rings is 1. The molecule has 0 atom stereocenters. The zero-order valence-electron chi connectivity index (χ0n) is 11.8.